The van der Waals surface area contributed by atoms with Crippen LogP contribution in [0.25, 0.3) is 10.9 Å². The fourth-order valence-corrected chi connectivity index (χ4v) is 2.51. The van der Waals surface area contributed by atoms with Gasteiger partial charge in [-0.2, -0.15) is 0 Å². The zero-order valence-electron chi connectivity index (χ0n) is 10.7. The van der Waals surface area contributed by atoms with Crippen molar-refractivity contribution in [3.8, 4) is 0 Å². The zero-order chi connectivity index (χ0) is 13.2. The van der Waals surface area contributed by atoms with Crippen LogP contribution in [0.2, 0.25) is 0 Å². The molecule has 1 aromatic heterocycles. The van der Waals surface area contributed by atoms with Gasteiger partial charge >= 0.3 is 0 Å². The van der Waals surface area contributed by atoms with Crippen molar-refractivity contribution in [2.75, 3.05) is 0 Å². The summed E-state index contributed by atoms with van der Waals surface area (Å²) in [6.07, 6.45) is 5.58. The number of nitrogens with one attached hydrogen (secondary N) is 1. The van der Waals surface area contributed by atoms with Crippen molar-refractivity contribution < 1.29 is 0 Å². The molecule has 1 aliphatic heterocycles. The maximum absolute atomic E-state index is 4.98. The average molecular weight is 268 g/mol. The van der Waals surface area contributed by atoms with Crippen molar-refractivity contribution in [2.24, 2.45) is 0 Å². The SMILES string of the molecule is Cc1c(CCC2=CNC(=S)[N]2)ccc2cccnc12. The first-order valence-corrected chi connectivity index (χ1v) is 6.69. The van der Waals surface area contributed by atoms with Crippen LogP contribution in [-0.4, -0.2) is 10.1 Å². The van der Waals surface area contributed by atoms with Crippen LogP contribution in [0.15, 0.2) is 42.4 Å². The molecule has 0 unspecified atom stereocenters. The van der Waals surface area contributed by atoms with Crippen LogP contribution in [0.4, 0.5) is 0 Å². The molecule has 1 aliphatic rings. The number of aromatic nitrogens is 1. The van der Waals surface area contributed by atoms with Crippen LogP contribution in [0.1, 0.15) is 17.5 Å². The summed E-state index contributed by atoms with van der Waals surface area (Å²) in [7, 11) is 0. The van der Waals surface area contributed by atoms with Crippen molar-refractivity contribution in [2.45, 2.75) is 19.8 Å². The first-order chi connectivity index (χ1) is 9.24. The van der Waals surface area contributed by atoms with Gasteiger partial charge in [0.25, 0.3) is 0 Å². The van der Waals surface area contributed by atoms with E-state index in [-0.39, 0.29) is 0 Å². The van der Waals surface area contributed by atoms with E-state index < -0.39 is 0 Å². The lowest BCUT2D eigenvalue weighted by atomic mass is 10.00. The number of hydrogen-bond donors (Lipinski definition) is 1. The number of thiocarbonyl (C=S) groups is 1. The largest absolute Gasteiger partial charge is 0.336 e. The Morgan fingerprint density at radius 3 is 2.89 bits per heavy atom. The van der Waals surface area contributed by atoms with Crippen LogP contribution < -0.4 is 10.6 Å². The van der Waals surface area contributed by atoms with Gasteiger partial charge in [-0.15, -0.1) is 0 Å². The van der Waals surface area contributed by atoms with Crippen molar-refractivity contribution >= 4 is 28.2 Å². The third kappa shape index (κ3) is 2.44. The molecule has 1 N–H and O–H groups in total. The molecular formula is C15H14N3S. The summed E-state index contributed by atoms with van der Waals surface area (Å²) in [5, 5.41) is 8.95. The molecule has 2 heterocycles. The van der Waals surface area contributed by atoms with Crippen LogP contribution in [-0.2, 0) is 6.42 Å². The van der Waals surface area contributed by atoms with E-state index >= 15 is 0 Å². The van der Waals surface area contributed by atoms with Gasteiger partial charge in [-0.3, -0.25) is 4.98 Å². The molecule has 19 heavy (non-hydrogen) atoms. The Balaban J connectivity index is 1.81. The van der Waals surface area contributed by atoms with Crippen LogP contribution >= 0.6 is 12.2 Å². The molecule has 0 bridgehead atoms. The van der Waals surface area contributed by atoms with Gasteiger partial charge in [0.2, 0.25) is 0 Å². The second-order valence-electron chi connectivity index (χ2n) is 4.62. The van der Waals surface area contributed by atoms with E-state index in [0.29, 0.717) is 5.11 Å². The van der Waals surface area contributed by atoms with Crippen molar-refractivity contribution in [3.05, 3.63) is 53.5 Å². The highest BCUT2D eigenvalue weighted by Gasteiger charge is 2.11. The highest BCUT2D eigenvalue weighted by Crippen LogP contribution is 2.21. The fourth-order valence-electron chi connectivity index (χ4n) is 2.33. The molecular weight excluding hydrogens is 254 g/mol. The molecule has 0 amide bonds. The van der Waals surface area contributed by atoms with Gasteiger partial charge < -0.3 is 5.32 Å². The van der Waals surface area contributed by atoms with Gasteiger partial charge in [-0.25, -0.2) is 5.32 Å². The predicted octanol–water partition coefficient (Wildman–Crippen LogP) is 2.81. The molecule has 0 fully saturated rings. The molecule has 0 atom stereocenters. The van der Waals surface area contributed by atoms with Crippen molar-refractivity contribution in [1.82, 2.24) is 15.6 Å². The number of nitrogens with zero attached hydrogens (tertiary/aromatic N) is 2. The quantitative estimate of drug-likeness (QED) is 0.870. The molecule has 0 spiro atoms. The lowest BCUT2D eigenvalue weighted by Crippen LogP contribution is -2.15. The molecule has 2 aromatic rings. The molecule has 3 nitrogen and oxygen atoms in total. The summed E-state index contributed by atoms with van der Waals surface area (Å²) in [6.45, 7) is 2.13. The lowest BCUT2D eigenvalue weighted by molar-refractivity contribution is 0.886. The number of fused-ring (bicyclic) bond motifs is 1. The normalized spacial score (nSPS) is 14.2. The van der Waals surface area contributed by atoms with Gasteiger partial charge in [-0.05, 0) is 49.2 Å². The number of aryl methyl sites for hydroxylation is 2. The molecule has 95 valence electrons. The molecule has 1 radical (unpaired) electrons. The maximum Gasteiger partial charge on any atom is 0.197 e. The summed E-state index contributed by atoms with van der Waals surface area (Å²) in [5.74, 6) is 0. The standard InChI is InChI=1S/C15H14N3S/c1-10-11(6-7-13-9-17-15(19)18-13)4-5-12-3-2-8-16-14(10)12/h2-5,8-9H,6-7H2,1H3,(H,17,19). The third-order valence-electron chi connectivity index (χ3n) is 3.40. The van der Waals surface area contributed by atoms with Gasteiger partial charge in [0.15, 0.2) is 5.11 Å². The Morgan fingerprint density at radius 2 is 2.11 bits per heavy atom. The minimum absolute atomic E-state index is 0.562. The number of benzene rings is 1. The summed E-state index contributed by atoms with van der Waals surface area (Å²) < 4.78 is 0. The summed E-state index contributed by atoms with van der Waals surface area (Å²) >= 11 is 4.98. The van der Waals surface area contributed by atoms with Crippen molar-refractivity contribution in [3.63, 3.8) is 0 Å². The topological polar surface area (TPSA) is 39.0 Å². The van der Waals surface area contributed by atoms with E-state index in [2.05, 4.69) is 40.7 Å². The van der Waals surface area contributed by atoms with Crippen molar-refractivity contribution in [1.29, 1.82) is 0 Å². The van der Waals surface area contributed by atoms with Crippen LogP contribution in [0.3, 0.4) is 0 Å². The molecule has 3 rings (SSSR count). The summed E-state index contributed by atoms with van der Waals surface area (Å²) in [4.78, 5) is 4.46. The van der Waals surface area contributed by atoms with E-state index in [9.17, 15) is 0 Å². The smallest absolute Gasteiger partial charge is 0.197 e. The highest BCUT2D eigenvalue weighted by molar-refractivity contribution is 7.80. The molecule has 0 saturated carbocycles. The number of hydrogen-bond acceptors (Lipinski definition) is 2. The molecule has 1 aromatic carbocycles. The first-order valence-electron chi connectivity index (χ1n) is 6.28. The fraction of sp³-hybridized carbons (Fsp3) is 0.200. The Labute approximate surface area is 117 Å². The van der Waals surface area contributed by atoms with E-state index in [4.69, 9.17) is 12.2 Å². The van der Waals surface area contributed by atoms with Gasteiger partial charge in [0.1, 0.15) is 0 Å². The monoisotopic (exact) mass is 268 g/mol. The Morgan fingerprint density at radius 1 is 1.21 bits per heavy atom. The van der Waals surface area contributed by atoms with E-state index in [0.717, 1.165) is 24.1 Å². The minimum Gasteiger partial charge on any atom is -0.336 e. The second kappa shape index (κ2) is 4.97. The van der Waals surface area contributed by atoms with Gasteiger partial charge in [-0.1, -0.05) is 18.2 Å². The molecule has 0 aliphatic carbocycles. The first kappa shape index (κ1) is 12.1. The highest BCUT2D eigenvalue weighted by atomic mass is 32.1. The number of rotatable bonds is 3. The lowest BCUT2D eigenvalue weighted by Gasteiger charge is -2.08. The minimum atomic E-state index is 0.562. The number of pyridine rings is 1. The Bertz CT molecular complexity index is 676. The predicted molar refractivity (Wildman–Crippen MR) is 80.8 cm³/mol. The van der Waals surface area contributed by atoms with Gasteiger partial charge in [0.05, 0.1) is 11.2 Å². The van der Waals surface area contributed by atoms with E-state index in [1.54, 1.807) is 0 Å². The van der Waals surface area contributed by atoms with Crippen LogP contribution in [0, 0.1) is 6.92 Å². The second-order valence-corrected chi connectivity index (χ2v) is 5.01. The third-order valence-corrected chi connectivity index (χ3v) is 3.61. The molecule has 0 saturated heterocycles. The average Bonchev–Trinajstić information content (AvgIpc) is 2.84. The Hall–Kier alpha value is -1.94. The molecule has 4 heteroatoms. The number of allylic oxidation sites excluding steroid dienone is 1. The van der Waals surface area contributed by atoms with E-state index in [1.165, 1.54) is 16.5 Å². The summed E-state index contributed by atoms with van der Waals surface area (Å²) in [6, 6.07) is 8.38. The van der Waals surface area contributed by atoms with Gasteiger partial charge in [0, 0.05) is 17.8 Å². The van der Waals surface area contributed by atoms with E-state index in [1.807, 2.05) is 18.5 Å². The maximum atomic E-state index is 4.98. The zero-order valence-corrected chi connectivity index (χ0v) is 11.5. The van der Waals surface area contributed by atoms with Crippen LogP contribution in [0.5, 0.6) is 0 Å². The summed E-state index contributed by atoms with van der Waals surface area (Å²) in [5.41, 5.74) is 4.68. The Kier molecular flexibility index (Phi) is 3.17.